The maximum absolute atomic E-state index is 13.3. The molecule has 2 aliphatic heterocycles. The van der Waals surface area contributed by atoms with E-state index < -0.39 is 27.3 Å². The second kappa shape index (κ2) is 12.5. The van der Waals surface area contributed by atoms with Crippen LogP contribution in [0.5, 0.6) is 5.75 Å². The number of aliphatic hydroxyl groups is 1. The number of aryl methyl sites for hydroxylation is 1. The van der Waals surface area contributed by atoms with Gasteiger partial charge in [0.2, 0.25) is 10.0 Å². The molecule has 41 heavy (non-hydrogen) atoms. The largest absolute Gasteiger partial charge is 0.487 e. The maximum atomic E-state index is 13.3. The van der Waals surface area contributed by atoms with Crippen molar-refractivity contribution in [2.75, 3.05) is 18.0 Å². The fourth-order valence-corrected chi connectivity index (χ4v) is 8.27. The minimum Gasteiger partial charge on any atom is -0.487 e. The van der Waals surface area contributed by atoms with Crippen LogP contribution in [0.1, 0.15) is 80.8 Å². The van der Waals surface area contributed by atoms with Gasteiger partial charge in [0, 0.05) is 23.7 Å². The normalized spacial score (nSPS) is 30.9. The molecule has 0 unspecified atom stereocenters. The molecule has 2 N–H and O–H groups in total. The van der Waals surface area contributed by atoms with Gasteiger partial charge < -0.3 is 14.7 Å². The van der Waals surface area contributed by atoms with Gasteiger partial charge in [-0.3, -0.25) is 4.79 Å². The summed E-state index contributed by atoms with van der Waals surface area (Å²) in [5, 5.41) is 11.2. The van der Waals surface area contributed by atoms with Crippen molar-refractivity contribution in [3.05, 3.63) is 58.1 Å². The molecule has 6 atom stereocenters. The zero-order valence-electron chi connectivity index (χ0n) is 24.3. The summed E-state index contributed by atoms with van der Waals surface area (Å²) < 4.78 is 35.2. The zero-order chi connectivity index (χ0) is 29.3. The number of anilines is 1. The first-order chi connectivity index (χ1) is 19.5. The number of hydrogen-bond donors (Lipinski definition) is 2. The predicted octanol–water partition coefficient (Wildman–Crippen LogP) is 5.96. The van der Waals surface area contributed by atoms with E-state index >= 15 is 0 Å². The third kappa shape index (κ3) is 6.86. The van der Waals surface area contributed by atoms with E-state index in [0.29, 0.717) is 36.1 Å². The number of fused-ring (bicyclic) bond motifs is 3. The topological polar surface area (TPSA) is 95.9 Å². The monoisotopic (exact) mass is 602 g/mol. The summed E-state index contributed by atoms with van der Waals surface area (Å²) in [6, 6.07) is 11.1. The Bertz CT molecular complexity index is 1370. The molecule has 9 heteroatoms. The minimum atomic E-state index is -3.90. The lowest BCUT2D eigenvalue weighted by molar-refractivity contribution is 0.000649. The molecule has 0 spiro atoms. The van der Waals surface area contributed by atoms with Gasteiger partial charge >= 0.3 is 0 Å². The maximum Gasteiger partial charge on any atom is 0.264 e. The van der Waals surface area contributed by atoms with Crippen LogP contribution in [0.25, 0.3) is 0 Å². The molecular weight excluding hydrogens is 560 g/mol. The van der Waals surface area contributed by atoms with Crippen molar-refractivity contribution in [1.82, 2.24) is 4.72 Å². The molecule has 0 aromatic heterocycles. The first-order valence-corrected chi connectivity index (χ1v) is 17.0. The number of hydrogen-bond acceptors (Lipinski definition) is 6. The van der Waals surface area contributed by atoms with Crippen molar-refractivity contribution >= 4 is 33.2 Å². The first-order valence-electron chi connectivity index (χ1n) is 15.0. The Morgan fingerprint density at radius 3 is 2.59 bits per heavy atom. The third-order valence-electron chi connectivity index (χ3n) is 9.61. The molecule has 2 aromatic carbocycles. The van der Waals surface area contributed by atoms with Gasteiger partial charge in [-0.25, -0.2) is 13.1 Å². The van der Waals surface area contributed by atoms with Crippen LogP contribution in [0.4, 0.5) is 5.69 Å². The smallest absolute Gasteiger partial charge is 0.264 e. The molecular formula is C32H43ClN2O5S. The predicted molar refractivity (Wildman–Crippen MR) is 163 cm³/mol. The highest BCUT2D eigenvalue weighted by Gasteiger charge is 2.39. The van der Waals surface area contributed by atoms with Crippen LogP contribution in [0.15, 0.2) is 36.4 Å². The number of benzene rings is 2. The second-order valence-electron chi connectivity index (χ2n) is 12.6. The molecule has 2 aromatic rings. The Balaban J connectivity index is 1.53. The van der Waals surface area contributed by atoms with Crippen molar-refractivity contribution in [3.8, 4) is 5.75 Å². The summed E-state index contributed by atoms with van der Waals surface area (Å²) >= 11 is 6.30. The van der Waals surface area contributed by atoms with Gasteiger partial charge in [0.25, 0.3) is 5.91 Å². The van der Waals surface area contributed by atoms with E-state index in [1.165, 1.54) is 5.56 Å². The number of sulfonamides is 1. The van der Waals surface area contributed by atoms with Gasteiger partial charge in [0.15, 0.2) is 0 Å². The number of rotatable bonds is 0. The van der Waals surface area contributed by atoms with E-state index in [1.807, 2.05) is 25.1 Å². The number of halogens is 1. The highest BCUT2D eigenvalue weighted by Crippen LogP contribution is 2.42. The minimum absolute atomic E-state index is 0.165. The molecule has 0 radical (unpaired) electrons. The quantitative estimate of drug-likeness (QED) is 0.386. The van der Waals surface area contributed by atoms with E-state index in [0.717, 1.165) is 56.4 Å². The summed E-state index contributed by atoms with van der Waals surface area (Å²) in [6.45, 7) is 7.54. The third-order valence-corrected chi connectivity index (χ3v) is 11.8. The van der Waals surface area contributed by atoms with Crippen LogP contribution >= 0.6 is 11.6 Å². The van der Waals surface area contributed by atoms with E-state index in [2.05, 4.69) is 16.5 Å². The molecule has 1 aliphatic carbocycles. The lowest BCUT2D eigenvalue weighted by Gasteiger charge is -2.44. The molecule has 3 aliphatic rings. The van der Waals surface area contributed by atoms with Crippen LogP contribution in [0.3, 0.4) is 0 Å². The molecule has 2 heterocycles. The van der Waals surface area contributed by atoms with Crippen LogP contribution in [-0.2, 0) is 23.1 Å². The molecule has 224 valence electrons. The fourth-order valence-electron chi connectivity index (χ4n) is 6.79. The molecule has 1 fully saturated rings. The molecule has 2 bridgehead atoms. The van der Waals surface area contributed by atoms with Crippen LogP contribution in [0.2, 0.25) is 5.02 Å². The summed E-state index contributed by atoms with van der Waals surface area (Å²) in [4.78, 5) is 15.6. The average Bonchev–Trinajstić information content (AvgIpc) is 2.92. The van der Waals surface area contributed by atoms with Crippen molar-refractivity contribution in [2.45, 2.75) is 83.7 Å². The highest BCUT2D eigenvalue weighted by molar-refractivity contribution is 7.90. The Kier molecular flexibility index (Phi) is 9.22. The molecule has 5 rings (SSSR count). The summed E-state index contributed by atoms with van der Waals surface area (Å²) in [6.07, 6.45) is 5.75. The lowest BCUT2D eigenvalue weighted by atomic mass is 9.68. The van der Waals surface area contributed by atoms with Gasteiger partial charge in [0.1, 0.15) is 12.4 Å². The fraction of sp³-hybridized carbons (Fsp3) is 0.594. The SMILES string of the molecule is C[C@@H]1C[C@@H](O)[C@@H]2CC[C@H]2CN2CCCCc3cc(Cl)ccc3COc3ccc(cc32)C(=O)NS(=O)(=O)[C@@H](C)[C@@H](C)C1. The molecule has 1 amide bonds. The number of amides is 1. The zero-order valence-corrected chi connectivity index (χ0v) is 25.9. The van der Waals surface area contributed by atoms with E-state index in [9.17, 15) is 18.3 Å². The van der Waals surface area contributed by atoms with Crippen molar-refractivity contribution in [2.24, 2.45) is 23.7 Å². The van der Waals surface area contributed by atoms with Gasteiger partial charge in [-0.15, -0.1) is 0 Å². The van der Waals surface area contributed by atoms with Crippen molar-refractivity contribution in [1.29, 1.82) is 0 Å². The number of carbonyl (C=O) groups excluding carboxylic acids is 1. The van der Waals surface area contributed by atoms with Crippen LogP contribution in [0, 0.1) is 23.7 Å². The second-order valence-corrected chi connectivity index (χ2v) is 15.1. The van der Waals surface area contributed by atoms with Crippen molar-refractivity contribution in [3.63, 3.8) is 0 Å². The van der Waals surface area contributed by atoms with E-state index in [4.69, 9.17) is 16.3 Å². The Morgan fingerprint density at radius 2 is 1.83 bits per heavy atom. The number of ether oxygens (including phenoxy) is 1. The van der Waals surface area contributed by atoms with Gasteiger partial charge in [-0.1, -0.05) is 31.5 Å². The van der Waals surface area contributed by atoms with Gasteiger partial charge in [-0.05, 0) is 117 Å². The number of aliphatic hydroxyl groups excluding tert-OH is 1. The molecule has 7 nitrogen and oxygen atoms in total. The van der Waals surface area contributed by atoms with Crippen molar-refractivity contribution < 1.29 is 23.1 Å². The van der Waals surface area contributed by atoms with Crippen LogP contribution in [-0.4, -0.2) is 43.9 Å². The number of carbonyl (C=O) groups is 1. The summed E-state index contributed by atoms with van der Waals surface area (Å²) in [5.41, 5.74) is 3.33. The summed E-state index contributed by atoms with van der Waals surface area (Å²) in [5.74, 6) is 0.582. The van der Waals surface area contributed by atoms with Gasteiger partial charge in [-0.2, -0.15) is 0 Å². The highest BCUT2D eigenvalue weighted by atomic mass is 35.5. The Morgan fingerprint density at radius 1 is 1.02 bits per heavy atom. The summed E-state index contributed by atoms with van der Waals surface area (Å²) in [7, 11) is -3.90. The Hall–Kier alpha value is -2.29. The number of nitrogens with one attached hydrogen (secondary N) is 1. The Labute approximate surface area is 249 Å². The van der Waals surface area contributed by atoms with Crippen LogP contribution < -0.4 is 14.4 Å². The van der Waals surface area contributed by atoms with Gasteiger partial charge in [0.05, 0.1) is 17.0 Å². The lowest BCUT2D eigenvalue weighted by Crippen LogP contribution is -2.44. The number of nitrogens with zero attached hydrogens (tertiary/aromatic N) is 1. The molecule has 0 saturated heterocycles. The van der Waals surface area contributed by atoms with E-state index in [1.54, 1.807) is 25.1 Å². The molecule has 1 saturated carbocycles. The van der Waals surface area contributed by atoms with E-state index in [-0.39, 0.29) is 23.3 Å². The first kappa shape index (κ1) is 30.2. The standard InChI is InChI=1S/C32H43ClN2O5S/c1-20-14-21(2)22(3)41(38,39)34-32(37)24-9-12-31-29(17-24)35(18-25-8-11-28(25)30(36)15-20)13-5-4-6-23-16-27(33)10-7-26(23)19-40-31/h7,9-10,12,16-17,20-22,25,28,30,36H,4-6,8,11,13-15,18-19H2,1-3H3,(H,34,37)/t20-,21-,22-,25-,28+,30+/m0/s1. The average molecular weight is 603 g/mol.